The number of aryl methyl sites for hydroxylation is 1. The van der Waals surface area contributed by atoms with Crippen LogP contribution in [0.1, 0.15) is 30.8 Å². The summed E-state index contributed by atoms with van der Waals surface area (Å²) >= 11 is 0. The summed E-state index contributed by atoms with van der Waals surface area (Å²) < 4.78 is 18.7. The summed E-state index contributed by atoms with van der Waals surface area (Å²) in [6, 6.07) is 12.1. The van der Waals surface area contributed by atoms with Gasteiger partial charge in [-0.25, -0.2) is 9.37 Å². The van der Waals surface area contributed by atoms with E-state index in [-0.39, 0.29) is 17.7 Å². The molecule has 3 aromatic rings. The predicted molar refractivity (Wildman–Crippen MR) is 93.9 cm³/mol. The SMILES string of the molecule is COc1ccc(C(C)NC(=O)CCc2nc3ccccc3[nH]2)cc1F. The number of aromatic amines is 1. The molecule has 2 aromatic carbocycles. The number of nitrogens with one attached hydrogen (secondary N) is 2. The highest BCUT2D eigenvalue weighted by Crippen LogP contribution is 2.21. The van der Waals surface area contributed by atoms with Crippen LogP contribution in [0.3, 0.4) is 0 Å². The molecule has 0 saturated heterocycles. The summed E-state index contributed by atoms with van der Waals surface area (Å²) in [5.74, 6) is 0.416. The highest BCUT2D eigenvalue weighted by atomic mass is 19.1. The van der Waals surface area contributed by atoms with Crippen LogP contribution in [-0.2, 0) is 11.2 Å². The fourth-order valence-electron chi connectivity index (χ4n) is 2.70. The van der Waals surface area contributed by atoms with Crippen molar-refractivity contribution in [1.82, 2.24) is 15.3 Å². The molecule has 0 bridgehead atoms. The van der Waals surface area contributed by atoms with Gasteiger partial charge in [0.1, 0.15) is 5.82 Å². The molecule has 0 saturated carbocycles. The van der Waals surface area contributed by atoms with Gasteiger partial charge in [-0.1, -0.05) is 18.2 Å². The Hall–Kier alpha value is -2.89. The molecule has 0 spiro atoms. The van der Waals surface area contributed by atoms with E-state index in [0.717, 1.165) is 16.9 Å². The van der Waals surface area contributed by atoms with E-state index in [0.29, 0.717) is 18.4 Å². The molecule has 1 heterocycles. The molecule has 1 aromatic heterocycles. The number of fused-ring (bicyclic) bond motifs is 1. The molecule has 0 aliphatic rings. The molecule has 0 radical (unpaired) electrons. The number of para-hydroxylation sites is 2. The minimum atomic E-state index is -0.441. The van der Waals surface area contributed by atoms with Crippen molar-refractivity contribution in [2.75, 3.05) is 7.11 Å². The lowest BCUT2D eigenvalue weighted by Crippen LogP contribution is -2.27. The Bertz CT molecular complexity index is 858. The molecule has 6 heteroatoms. The van der Waals surface area contributed by atoms with Gasteiger partial charge in [0.25, 0.3) is 0 Å². The average molecular weight is 341 g/mol. The van der Waals surface area contributed by atoms with Crippen LogP contribution in [0, 0.1) is 5.82 Å². The third kappa shape index (κ3) is 3.96. The van der Waals surface area contributed by atoms with Crippen molar-refractivity contribution in [3.8, 4) is 5.75 Å². The Morgan fingerprint density at radius 3 is 2.84 bits per heavy atom. The molecule has 0 fully saturated rings. The van der Waals surface area contributed by atoms with Crippen LogP contribution in [0.5, 0.6) is 5.75 Å². The van der Waals surface area contributed by atoms with Crippen LogP contribution >= 0.6 is 0 Å². The van der Waals surface area contributed by atoms with Gasteiger partial charge in [-0.15, -0.1) is 0 Å². The molecule has 0 aliphatic heterocycles. The highest BCUT2D eigenvalue weighted by molar-refractivity contribution is 5.77. The second-order valence-electron chi connectivity index (χ2n) is 5.88. The average Bonchev–Trinajstić information content (AvgIpc) is 3.03. The monoisotopic (exact) mass is 341 g/mol. The van der Waals surface area contributed by atoms with Gasteiger partial charge in [-0.2, -0.15) is 0 Å². The van der Waals surface area contributed by atoms with Crippen molar-refractivity contribution >= 4 is 16.9 Å². The van der Waals surface area contributed by atoms with Crippen LogP contribution in [-0.4, -0.2) is 23.0 Å². The molecule has 1 unspecified atom stereocenters. The summed E-state index contributed by atoms with van der Waals surface area (Å²) in [7, 11) is 1.42. The van der Waals surface area contributed by atoms with E-state index in [1.54, 1.807) is 12.1 Å². The van der Waals surface area contributed by atoms with Gasteiger partial charge in [0.15, 0.2) is 11.6 Å². The van der Waals surface area contributed by atoms with E-state index in [1.807, 2.05) is 31.2 Å². The molecule has 25 heavy (non-hydrogen) atoms. The minimum Gasteiger partial charge on any atom is -0.494 e. The first-order valence-corrected chi connectivity index (χ1v) is 8.13. The van der Waals surface area contributed by atoms with Crippen molar-refractivity contribution in [3.05, 3.63) is 59.7 Å². The summed E-state index contributed by atoms with van der Waals surface area (Å²) in [6.07, 6.45) is 0.826. The molecule has 0 aliphatic carbocycles. The van der Waals surface area contributed by atoms with Crippen LogP contribution in [0.2, 0.25) is 0 Å². The number of benzene rings is 2. The molecular formula is C19H20FN3O2. The lowest BCUT2D eigenvalue weighted by Gasteiger charge is -2.15. The molecule has 1 amide bonds. The van der Waals surface area contributed by atoms with E-state index < -0.39 is 5.82 Å². The molecular weight excluding hydrogens is 321 g/mol. The lowest BCUT2D eigenvalue weighted by molar-refractivity contribution is -0.121. The van der Waals surface area contributed by atoms with Crippen molar-refractivity contribution in [2.24, 2.45) is 0 Å². The Morgan fingerprint density at radius 2 is 2.12 bits per heavy atom. The number of amides is 1. The number of methoxy groups -OCH3 is 1. The lowest BCUT2D eigenvalue weighted by atomic mass is 10.1. The summed E-state index contributed by atoms with van der Waals surface area (Å²) in [5.41, 5.74) is 2.54. The number of ether oxygens (including phenoxy) is 1. The fraction of sp³-hybridized carbons (Fsp3) is 0.263. The Kier molecular flexibility index (Phi) is 4.97. The first-order chi connectivity index (χ1) is 12.1. The van der Waals surface area contributed by atoms with Gasteiger partial charge in [-0.3, -0.25) is 4.79 Å². The van der Waals surface area contributed by atoms with Crippen molar-refractivity contribution < 1.29 is 13.9 Å². The molecule has 3 rings (SSSR count). The number of nitrogens with zero attached hydrogens (tertiary/aromatic N) is 1. The number of carbonyl (C=O) groups excluding carboxylic acids is 1. The first kappa shape index (κ1) is 17.0. The van der Waals surface area contributed by atoms with Crippen molar-refractivity contribution in [1.29, 1.82) is 0 Å². The number of aromatic nitrogens is 2. The number of H-pyrrole nitrogens is 1. The van der Waals surface area contributed by atoms with Gasteiger partial charge < -0.3 is 15.0 Å². The minimum absolute atomic E-state index is 0.107. The summed E-state index contributed by atoms with van der Waals surface area (Å²) in [5, 5.41) is 2.88. The molecule has 130 valence electrons. The Labute approximate surface area is 145 Å². The van der Waals surface area contributed by atoms with Crippen LogP contribution < -0.4 is 10.1 Å². The standard InChI is InChI=1S/C19H20FN3O2/c1-12(13-7-8-17(25-2)14(20)11-13)21-19(24)10-9-18-22-15-5-3-4-6-16(15)23-18/h3-8,11-12H,9-10H2,1-2H3,(H,21,24)(H,22,23). The third-order valence-corrected chi connectivity index (χ3v) is 4.08. The number of imidazole rings is 1. The van der Waals surface area contributed by atoms with Gasteiger partial charge in [0, 0.05) is 12.8 Å². The van der Waals surface area contributed by atoms with E-state index in [9.17, 15) is 9.18 Å². The zero-order valence-electron chi connectivity index (χ0n) is 14.2. The Balaban J connectivity index is 1.57. The van der Waals surface area contributed by atoms with E-state index in [2.05, 4.69) is 15.3 Å². The van der Waals surface area contributed by atoms with Gasteiger partial charge in [-0.05, 0) is 36.8 Å². The number of carbonyl (C=O) groups is 1. The number of hydrogen-bond donors (Lipinski definition) is 2. The highest BCUT2D eigenvalue weighted by Gasteiger charge is 2.13. The summed E-state index contributed by atoms with van der Waals surface area (Å²) in [4.78, 5) is 19.8. The van der Waals surface area contributed by atoms with Gasteiger partial charge >= 0.3 is 0 Å². The van der Waals surface area contributed by atoms with Gasteiger partial charge in [0.05, 0.1) is 24.2 Å². The predicted octanol–water partition coefficient (Wildman–Crippen LogP) is 3.52. The van der Waals surface area contributed by atoms with E-state index >= 15 is 0 Å². The van der Waals surface area contributed by atoms with Crippen LogP contribution in [0.4, 0.5) is 4.39 Å². The normalized spacial score (nSPS) is 12.1. The first-order valence-electron chi connectivity index (χ1n) is 8.13. The van der Waals surface area contributed by atoms with Crippen molar-refractivity contribution in [2.45, 2.75) is 25.8 Å². The summed E-state index contributed by atoms with van der Waals surface area (Å²) in [6.45, 7) is 1.82. The zero-order valence-corrected chi connectivity index (χ0v) is 14.2. The largest absolute Gasteiger partial charge is 0.494 e. The quantitative estimate of drug-likeness (QED) is 0.721. The van der Waals surface area contributed by atoms with Crippen LogP contribution in [0.15, 0.2) is 42.5 Å². The maximum absolute atomic E-state index is 13.8. The molecule has 1 atom stereocenters. The van der Waals surface area contributed by atoms with Gasteiger partial charge in [0.2, 0.25) is 5.91 Å². The van der Waals surface area contributed by atoms with E-state index in [1.165, 1.54) is 13.2 Å². The number of hydrogen-bond acceptors (Lipinski definition) is 3. The number of halogens is 1. The maximum Gasteiger partial charge on any atom is 0.220 e. The molecule has 5 nitrogen and oxygen atoms in total. The zero-order chi connectivity index (χ0) is 17.8. The second-order valence-corrected chi connectivity index (χ2v) is 5.88. The van der Waals surface area contributed by atoms with Crippen LogP contribution in [0.25, 0.3) is 11.0 Å². The molecule has 2 N–H and O–H groups in total. The Morgan fingerprint density at radius 1 is 1.32 bits per heavy atom. The fourth-order valence-corrected chi connectivity index (χ4v) is 2.70. The number of rotatable bonds is 6. The third-order valence-electron chi connectivity index (χ3n) is 4.08. The van der Waals surface area contributed by atoms with E-state index in [4.69, 9.17) is 4.74 Å². The smallest absolute Gasteiger partial charge is 0.220 e. The van der Waals surface area contributed by atoms with Crippen molar-refractivity contribution in [3.63, 3.8) is 0 Å². The second kappa shape index (κ2) is 7.34. The topological polar surface area (TPSA) is 67.0 Å². The maximum atomic E-state index is 13.8.